The monoisotopic (exact) mass is 419 g/mol. The first-order chi connectivity index (χ1) is 14.1. The molecule has 2 aromatic heterocycles. The minimum absolute atomic E-state index is 0.0382. The van der Waals surface area contributed by atoms with Crippen molar-refractivity contribution in [1.29, 1.82) is 5.26 Å². The molecular weight excluding hydrogens is 396 g/mol. The minimum atomic E-state index is -2.99. The van der Waals surface area contributed by atoms with Crippen LogP contribution in [0.5, 0.6) is 5.88 Å². The van der Waals surface area contributed by atoms with Crippen LogP contribution >= 0.6 is 0 Å². The summed E-state index contributed by atoms with van der Waals surface area (Å²) in [5.41, 5.74) is 0.377. The molecule has 3 N–H and O–H groups in total. The van der Waals surface area contributed by atoms with Crippen molar-refractivity contribution in [2.24, 2.45) is 5.41 Å². The zero-order chi connectivity index (χ0) is 21.9. The number of nitriles is 1. The Morgan fingerprint density at radius 2 is 2.13 bits per heavy atom. The van der Waals surface area contributed by atoms with Crippen LogP contribution in [0.4, 0.5) is 20.5 Å². The van der Waals surface area contributed by atoms with Gasteiger partial charge in [0.1, 0.15) is 23.8 Å². The fraction of sp³-hybridized carbons (Fsp3) is 0.526. The average molecular weight is 419 g/mol. The molecule has 2 atom stereocenters. The lowest BCUT2D eigenvalue weighted by Crippen LogP contribution is -2.57. The molecule has 160 valence electrons. The topological polar surface area (TPSA) is 129 Å². The van der Waals surface area contributed by atoms with Gasteiger partial charge in [-0.05, 0) is 6.42 Å². The molecule has 2 heterocycles. The fourth-order valence-corrected chi connectivity index (χ4v) is 2.94. The Bertz CT molecular complexity index is 943. The Morgan fingerprint density at radius 3 is 2.77 bits per heavy atom. The molecule has 11 heteroatoms. The maximum absolute atomic E-state index is 13.1. The lowest BCUT2D eigenvalue weighted by atomic mass is 9.64. The van der Waals surface area contributed by atoms with E-state index in [1.807, 2.05) is 19.9 Å². The number of nitrogens with one attached hydrogen (secondary N) is 2. The van der Waals surface area contributed by atoms with Crippen LogP contribution in [0.25, 0.3) is 0 Å². The van der Waals surface area contributed by atoms with Gasteiger partial charge < -0.3 is 20.5 Å². The first-order valence-corrected chi connectivity index (χ1v) is 9.35. The summed E-state index contributed by atoms with van der Waals surface area (Å²) in [6.45, 7) is 3.95. The standard InChI is InChI=1S/C19H23F2N7O2/c1-18(2)13(4-14(18)29)27-15-11(5-22)7-24-17(28-15)25-8-12-6-23-10-26-16(12)30-9-19(3,20)21/h6-7,10,13-14,29H,4,8-9H2,1-3H3,(H2,24,25,27,28)/t13-,14-/m1/s1. The van der Waals surface area contributed by atoms with Crippen LogP contribution in [0.1, 0.15) is 38.3 Å². The number of ether oxygens (including phenoxy) is 1. The summed E-state index contributed by atoms with van der Waals surface area (Å²) in [6.07, 6.45) is 4.17. The number of anilines is 2. The van der Waals surface area contributed by atoms with Gasteiger partial charge >= 0.3 is 0 Å². The predicted molar refractivity (Wildman–Crippen MR) is 104 cm³/mol. The van der Waals surface area contributed by atoms with Gasteiger partial charge in [-0.1, -0.05) is 13.8 Å². The van der Waals surface area contributed by atoms with E-state index < -0.39 is 18.6 Å². The van der Waals surface area contributed by atoms with Crippen molar-refractivity contribution in [3.8, 4) is 11.9 Å². The number of aromatic nitrogens is 4. The van der Waals surface area contributed by atoms with E-state index in [0.29, 0.717) is 17.8 Å². The number of nitrogens with zero attached hydrogens (tertiary/aromatic N) is 5. The maximum atomic E-state index is 13.1. The molecular formula is C19H23F2N7O2. The molecule has 0 aliphatic heterocycles. The second-order valence-corrected chi connectivity index (χ2v) is 7.90. The van der Waals surface area contributed by atoms with E-state index in [1.54, 1.807) is 0 Å². The van der Waals surface area contributed by atoms with Crippen LogP contribution in [-0.2, 0) is 6.54 Å². The zero-order valence-electron chi connectivity index (χ0n) is 16.9. The summed E-state index contributed by atoms with van der Waals surface area (Å²) in [5, 5.41) is 25.4. The zero-order valence-corrected chi connectivity index (χ0v) is 16.9. The smallest absolute Gasteiger partial charge is 0.278 e. The van der Waals surface area contributed by atoms with Crippen LogP contribution in [0.2, 0.25) is 0 Å². The van der Waals surface area contributed by atoms with Gasteiger partial charge in [-0.2, -0.15) is 10.2 Å². The molecule has 1 fully saturated rings. The summed E-state index contributed by atoms with van der Waals surface area (Å²) in [6, 6.07) is 2.00. The highest BCUT2D eigenvalue weighted by molar-refractivity contribution is 5.54. The summed E-state index contributed by atoms with van der Waals surface area (Å²) in [7, 11) is 0. The summed E-state index contributed by atoms with van der Waals surface area (Å²) >= 11 is 0. The molecule has 30 heavy (non-hydrogen) atoms. The van der Waals surface area contributed by atoms with E-state index in [0.717, 1.165) is 6.92 Å². The van der Waals surface area contributed by atoms with Crippen LogP contribution in [0.15, 0.2) is 18.7 Å². The number of aliphatic hydroxyl groups is 1. The van der Waals surface area contributed by atoms with Gasteiger partial charge in [0.05, 0.1) is 17.9 Å². The molecule has 2 aromatic rings. The molecule has 1 saturated carbocycles. The quantitative estimate of drug-likeness (QED) is 0.590. The normalized spacial score (nSPS) is 20.0. The Labute approximate surface area is 172 Å². The molecule has 0 aromatic carbocycles. The molecule has 0 amide bonds. The first kappa shape index (κ1) is 21.6. The van der Waals surface area contributed by atoms with Gasteiger partial charge in [0.2, 0.25) is 11.8 Å². The highest BCUT2D eigenvalue weighted by Crippen LogP contribution is 2.42. The third-order valence-corrected chi connectivity index (χ3v) is 5.08. The van der Waals surface area contributed by atoms with Gasteiger partial charge in [-0.15, -0.1) is 0 Å². The van der Waals surface area contributed by atoms with Crippen molar-refractivity contribution in [2.45, 2.75) is 51.8 Å². The number of hydrogen-bond acceptors (Lipinski definition) is 9. The van der Waals surface area contributed by atoms with Gasteiger partial charge in [-0.25, -0.2) is 23.7 Å². The summed E-state index contributed by atoms with van der Waals surface area (Å²) < 4.78 is 31.2. The number of alkyl halides is 2. The van der Waals surface area contributed by atoms with E-state index >= 15 is 0 Å². The molecule has 1 aliphatic carbocycles. The van der Waals surface area contributed by atoms with Crippen LogP contribution in [0, 0.1) is 16.7 Å². The highest BCUT2D eigenvalue weighted by Gasteiger charge is 2.47. The summed E-state index contributed by atoms with van der Waals surface area (Å²) in [4.78, 5) is 16.2. The van der Waals surface area contributed by atoms with E-state index in [-0.39, 0.29) is 35.4 Å². The van der Waals surface area contributed by atoms with E-state index in [1.165, 1.54) is 18.7 Å². The molecule has 0 bridgehead atoms. The predicted octanol–water partition coefficient (Wildman–Crippen LogP) is 2.36. The molecule has 0 radical (unpaired) electrons. The van der Waals surface area contributed by atoms with E-state index in [4.69, 9.17) is 4.74 Å². The van der Waals surface area contributed by atoms with E-state index in [9.17, 15) is 19.1 Å². The molecule has 3 rings (SSSR count). The highest BCUT2D eigenvalue weighted by atomic mass is 19.3. The lowest BCUT2D eigenvalue weighted by molar-refractivity contribution is -0.0511. The maximum Gasteiger partial charge on any atom is 0.278 e. The Balaban J connectivity index is 1.70. The summed E-state index contributed by atoms with van der Waals surface area (Å²) in [5.74, 6) is -2.37. The Morgan fingerprint density at radius 1 is 1.37 bits per heavy atom. The Hall–Kier alpha value is -3.13. The SMILES string of the molecule is CC(F)(F)COc1ncncc1CNc1ncc(C#N)c(N[C@@H]2C[C@@H](O)C2(C)C)n1. The second kappa shape index (κ2) is 8.31. The molecule has 0 saturated heterocycles. The van der Waals surface area contributed by atoms with Crippen molar-refractivity contribution < 1.29 is 18.6 Å². The van der Waals surface area contributed by atoms with Crippen molar-refractivity contribution in [2.75, 3.05) is 17.2 Å². The largest absolute Gasteiger partial charge is 0.471 e. The first-order valence-electron chi connectivity index (χ1n) is 9.35. The van der Waals surface area contributed by atoms with Gasteiger partial charge in [0, 0.05) is 31.1 Å². The van der Waals surface area contributed by atoms with E-state index in [2.05, 4.69) is 30.6 Å². The molecule has 1 aliphatic rings. The minimum Gasteiger partial charge on any atom is -0.471 e. The molecule has 0 spiro atoms. The molecule has 9 nitrogen and oxygen atoms in total. The van der Waals surface area contributed by atoms with Crippen molar-refractivity contribution in [3.05, 3.63) is 29.8 Å². The fourth-order valence-electron chi connectivity index (χ4n) is 2.94. The van der Waals surface area contributed by atoms with Gasteiger partial charge in [-0.3, -0.25) is 0 Å². The number of aliphatic hydroxyl groups excluding tert-OH is 1. The number of halogens is 2. The lowest BCUT2D eigenvalue weighted by Gasteiger charge is -2.49. The number of hydrogen-bond donors (Lipinski definition) is 3. The van der Waals surface area contributed by atoms with Crippen molar-refractivity contribution in [1.82, 2.24) is 19.9 Å². The van der Waals surface area contributed by atoms with Gasteiger partial charge in [0.25, 0.3) is 5.92 Å². The van der Waals surface area contributed by atoms with Crippen LogP contribution in [0.3, 0.4) is 0 Å². The molecule has 0 unspecified atom stereocenters. The second-order valence-electron chi connectivity index (χ2n) is 7.90. The van der Waals surface area contributed by atoms with Crippen molar-refractivity contribution in [3.63, 3.8) is 0 Å². The number of rotatable bonds is 8. The van der Waals surface area contributed by atoms with Gasteiger partial charge in [0.15, 0.2) is 6.61 Å². The van der Waals surface area contributed by atoms with Crippen LogP contribution in [-0.4, -0.2) is 49.7 Å². The third kappa shape index (κ3) is 4.88. The average Bonchev–Trinajstić information content (AvgIpc) is 2.70. The Kier molecular flexibility index (Phi) is 5.98. The van der Waals surface area contributed by atoms with Crippen LogP contribution < -0.4 is 15.4 Å². The van der Waals surface area contributed by atoms with Crippen molar-refractivity contribution >= 4 is 11.8 Å². The third-order valence-electron chi connectivity index (χ3n) is 5.08.